The molecular weight excluding hydrogens is 567 g/mol. The Bertz CT molecular complexity index is 1150. The maximum Gasteiger partial charge on any atom is 0.417 e. The summed E-state index contributed by atoms with van der Waals surface area (Å²) < 4.78 is 44.6. The monoisotopic (exact) mass is 603 g/mol. The molecule has 2 aliphatic heterocycles. The number of anilines is 1. The number of likely N-dealkylation sites (N-methyl/N-ethyl adjacent to an activating group) is 1. The van der Waals surface area contributed by atoms with Crippen molar-refractivity contribution in [1.82, 2.24) is 20.0 Å². The van der Waals surface area contributed by atoms with E-state index in [9.17, 15) is 32.7 Å². The van der Waals surface area contributed by atoms with E-state index < -0.39 is 47.2 Å². The lowest BCUT2D eigenvalue weighted by Gasteiger charge is -2.44. The SMILES string of the molecule is CNC(OC)[C@H](CCC(=O)N1CCC2(CC2)[C@H](O)C1)N1CCN(C(=O)Nc2ccc(C(F)(F)F)c(Cl)c2)[C@@H](C)C1=O. The molecule has 41 heavy (non-hydrogen) atoms. The van der Waals surface area contributed by atoms with E-state index in [2.05, 4.69) is 10.6 Å². The molecule has 1 saturated carbocycles. The fourth-order valence-corrected chi connectivity index (χ4v) is 6.16. The van der Waals surface area contributed by atoms with Crippen LogP contribution in [0, 0.1) is 5.41 Å². The molecule has 14 heteroatoms. The number of nitrogens with one attached hydrogen (secondary N) is 2. The Morgan fingerprint density at radius 3 is 2.49 bits per heavy atom. The van der Waals surface area contributed by atoms with Crippen molar-refractivity contribution in [2.45, 2.75) is 69.6 Å². The van der Waals surface area contributed by atoms with E-state index in [0.717, 1.165) is 37.5 Å². The van der Waals surface area contributed by atoms with Crippen LogP contribution in [-0.2, 0) is 20.5 Å². The fraction of sp³-hybridized carbons (Fsp3) is 0.667. The molecule has 10 nitrogen and oxygen atoms in total. The number of hydrogen-bond donors (Lipinski definition) is 3. The molecule has 3 N–H and O–H groups in total. The van der Waals surface area contributed by atoms with E-state index >= 15 is 0 Å². The highest BCUT2D eigenvalue weighted by Gasteiger charge is 2.52. The summed E-state index contributed by atoms with van der Waals surface area (Å²) in [5.74, 6) is -0.445. The number of piperidine rings is 1. The Morgan fingerprint density at radius 1 is 1.22 bits per heavy atom. The summed E-state index contributed by atoms with van der Waals surface area (Å²) in [6.07, 6.45) is -2.46. The first-order valence-electron chi connectivity index (χ1n) is 13.7. The average molecular weight is 604 g/mol. The highest BCUT2D eigenvalue weighted by molar-refractivity contribution is 6.31. The molecule has 3 aliphatic rings. The number of alkyl halides is 3. The van der Waals surface area contributed by atoms with Crippen LogP contribution in [0.1, 0.15) is 44.6 Å². The highest BCUT2D eigenvalue weighted by Crippen LogP contribution is 2.53. The number of aliphatic hydroxyl groups is 1. The number of piperazine rings is 1. The third-order valence-electron chi connectivity index (χ3n) is 8.64. The molecule has 2 saturated heterocycles. The van der Waals surface area contributed by atoms with Crippen molar-refractivity contribution in [2.24, 2.45) is 5.41 Å². The summed E-state index contributed by atoms with van der Waals surface area (Å²) in [5.41, 5.74) is -0.962. The molecule has 2 heterocycles. The zero-order valence-corrected chi connectivity index (χ0v) is 24.1. The molecule has 1 spiro atoms. The molecule has 4 rings (SSSR count). The lowest BCUT2D eigenvalue weighted by molar-refractivity contribution is -0.148. The maximum absolute atomic E-state index is 13.5. The number of urea groups is 1. The molecule has 1 aromatic rings. The molecule has 1 unspecified atom stereocenters. The largest absolute Gasteiger partial charge is 0.417 e. The highest BCUT2D eigenvalue weighted by atomic mass is 35.5. The minimum Gasteiger partial charge on any atom is -0.391 e. The van der Waals surface area contributed by atoms with Gasteiger partial charge in [0.15, 0.2) is 0 Å². The number of β-amino-alcohol motifs (C(OH)–C–C–N with tert-alkyl or cyclic N) is 1. The average Bonchev–Trinajstić information content (AvgIpc) is 3.69. The van der Waals surface area contributed by atoms with Gasteiger partial charge in [0, 0.05) is 45.4 Å². The summed E-state index contributed by atoms with van der Waals surface area (Å²) in [6, 6.07) is 0.861. The van der Waals surface area contributed by atoms with Gasteiger partial charge in [-0.2, -0.15) is 13.2 Å². The van der Waals surface area contributed by atoms with Crippen LogP contribution in [0.15, 0.2) is 18.2 Å². The van der Waals surface area contributed by atoms with E-state index in [4.69, 9.17) is 16.3 Å². The molecule has 1 aliphatic carbocycles. The van der Waals surface area contributed by atoms with Gasteiger partial charge < -0.3 is 29.9 Å². The van der Waals surface area contributed by atoms with Crippen LogP contribution in [-0.4, -0.2) is 102 Å². The van der Waals surface area contributed by atoms with Gasteiger partial charge in [0.05, 0.1) is 22.7 Å². The normalized spacial score (nSPS) is 23.9. The number of halogens is 4. The molecule has 0 bridgehead atoms. The quantitative estimate of drug-likeness (QED) is 0.394. The van der Waals surface area contributed by atoms with Gasteiger partial charge in [-0.1, -0.05) is 11.6 Å². The summed E-state index contributed by atoms with van der Waals surface area (Å²) in [6.45, 7) is 2.80. The van der Waals surface area contributed by atoms with Crippen LogP contribution in [0.2, 0.25) is 5.02 Å². The van der Waals surface area contributed by atoms with Crippen molar-refractivity contribution in [3.8, 4) is 0 Å². The van der Waals surface area contributed by atoms with Gasteiger partial charge in [-0.3, -0.25) is 14.9 Å². The van der Waals surface area contributed by atoms with Crippen LogP contribution in [0.3, 0.4) is 0 Å². The molecule has 1 aromatic carbocycles. The van der Waals surface area contributed by atoms with E-state index in [-0.39, 0.29) is 42.4 Å². The number of benzene rings is 1. The van der Waals surface area contributed by atoms with Gasteiger partial charge in [-0.25, -0.2) is 4.79 Å². The minimum atomic E-state index is -4.63. The first kappa shape index (κ1) is 31.3. The molecule has 3 fully saturated rings. The van der Waals surface area contributed by atoms with E-state index in [0.29, 0.717) is 19.5 Å². The van der Waals surface area contributed by atoms with Crippen LogP contribution < -0.4 is 10.6 Å². The number of likely N-dealkylation sites (tertiary alicyclic amines) is 1. The summed E-state index contributed by atoms with van der Waals surface area (Å²) in [5, 5.41) is 15.5. The van der Waals surface area contributed by atoms with Crippen LogP contribution in [0.5, 0.6) is 0 Å². The number of aliphatic hydroxyl groups excluding tert-OH is 1. The Hall–Kier alpha value is -2.61. The second kappa shape index (κ2) is 12.3. The van der Waals surface area contributed by atoms with Crippen LogP contribution >= 0.6 is 11.6 Å². The Balaban J connectivity index is 1.38. The Labute approximate surface area is 242 Å². The number of rotatable bonds is 8. The predicted molar refractivity (Wildman–Crippen MR) is 145 cm³/mol. The molecule has 4 atom stereocenters. The van der Waals surface area contributed by atoms with Crippen molar-refractivity contribution in [3.63, 3.8) is 0 Å². The minimum absolute atomic E-state index is 0.0140. The van der Waals surface area contributed by atoms with Crippen molar-refractivity contribution in [1.29, 1.82) is 0 Å². The standard InChI is InChI=1S/C27H37ClF3N5O5/c1-16-24(39)36(13-12-35(16)25(40)33-17-4-5-18(19(28)14-17)27(29,30)31)20(23(32-2)41-3)6-7-22(38)34-11-10-26(8-9-26)21(37)15-34/h4-5,14,16,20-21,23,32,37H,6-13,15H2,1-3H3,(H,33,40)/t16-,20-,21+,23?/m0/s1. The number of hydrogen-bond acceptors (Lipinski definition) is 6. The van der Waals surface area contributed by atoms with Crippen LogP contribution in [0.4, 0.5) is 23.7 Å². The fourth-order valence-electron chi connectivity index (χ4n) is 5.87. The molecule has 4 amide bonds. The number of methoxy groups -OCH3 is 1. The second-order valence-corrected chi connectivity index (χ2v) is 11.4. The van der Waals surface area contributed by atoms with Gasteiger partial charge >= 0.3 is 12.2 Å². The smallest absolute Gasteiger partial charge is 0.391 e. The zero-order chi connectivity index (χ0) is 30.1. The first-order chi connectivity index (χ1) is 19.3. The zero-order valence-electron chi connectivity index (χ0n) is 23.3. The number of carbonyl (C=O) groups excluding carboxylic acids is 3. The lowest BCUT2D eigenvalue weighted by atomic mass is 9.90. The third-order valence-corrected chi connectivity index (χ3v) is 8.96. The number of carbonyl (C=O) groups is 3. The summed E-state index contributed by atoms with van der Waals surface area (Å²) in [7, 11) is 3.19. The van der Waals surface area contributed by atoms with Crippen molar-refractivity contribution >= 4 is 35.1 Å². The van der Waals surface area contributed by atoms with Crippen molar-refractivity contribution < 1.29 is 37.4 Å². The molecule has 228 valence electrons. The first-order valence-corrected chi connectivity index (χ1v) is 14.1. The van der Waals surface area contributed by atoms with E-state index in [1.165, 1.54) is 12.0 Å². The topological polar surface area (TPSA) is 114 Å². The maximum atomic E-state index is 13.5. The summed E-state index contributed by atoms with van der Waals surface area (Å²) in [4.78, 5) is 44.1. The Kier molecular flexibility index (Phi) is 9.42. The van der Waals surface area contributed by atoms with Crippen molar-refractivity contribution in [2.75, 3.05) is 45.7 Å². The van der Waals surface area contributed by atoms with Gasteiger partial charge in [0.1, 0.15) is 12.3 Å². The van der Waals surface area contributed by atoms with Crippen LogP contribution in [0.25, 0.3) is 0 Å². The second-order valence-electron chi connectivity index (χ2n) is 11.0. The lowest BCUT2D eigenvalue weighted by Crippen LogP contribution is -2.64. The molecular formula is C27H37ClF3N5O5. The number of nitrogens with zero attached hydrogens (tertiary/aromatic N) is 3. The number of ether oxygens (including phenoxy) is 1. The van der Waals surface area contributed by atoms with Gasteiger partial charge in [0.2, 0.25) is 11.8 Å². The molecule has 0 aromatic heterocycles. The van der Waals surface area contributed by atoms with Gasteiger partial charge in [-0.15, -0.1) is 0 Å². The Morgan fingerprint density at radius 2 is 1.93 bits per heavy atom. The van der Waals surface area contributed by atoms with Gasteiger partial charge in [-0.05, 0) is 63.3 Å². The van der Waals surface area contributed by atoms with E-state index in [1.807, 2.05) is 0 Å². The predicted octanol–water partition coefficient (Wildman–Crippen LogP) is 3.14. The molecule has 0 radical (unpaired) electrons. The van der Waals surface area contributed by atoms with Gasteiger partial charge in [0.25, 0.3) is 0 Å². The number of amides is 4. The third kappa shape index (κ3) is 6.73. The van der Waals surface area contributed by atoms with E-state index in [1.54, 1.807) is 23.8 Å². The van der Waals surface area contributed by atoms with Crippen molar-refractivity contribution in [3.05, 3.63) is 28.8 Å². The summed E-state index contributed by atoms with van der Waals surface area (Å²) >= 11 is 5.77.